The monoisotopic (exact) mass is 217 g/mol. The van der Waals surface area contributed by atoms with Gasteiger partial charge in [0.2, 0.25) is 0 Å². The van der Waals surface area contributed by atoms with Crippen LogP contribution >= 0.6 is 0 Å². The largest absolute Gasteiger partial charge is 0.508 e. The first kappa shape index (κ1) is 10.1. The van der Waals surface area contributed by atoms with Crippen molar-refractivity contribution < 1.29 is 18.3 Å². The van der Waals surface area contributed by atoms with E-state index < -0.39 is 12.1 Å². The standard InChI is InChI=1S/C10H10F3NO/c11-10(12,13)8-3-4-14-9-5-6(15)1-2-7(8)9/h1-2,5,8,14-15H,3-4H2. The SMILES string of the molecule is Oc1ccc2c(c1)NCCC2C(F)(F)F. The number of hydrogen-bond acceptors (Lipinski definition) is 2. The van der Waals surface area contributed by atoms with E-state index in [1.165, 1.54) is 18.2 Å². The molecule has 82 valence electrons. The Morgan fingerprint density at radius 3 is 2.73 bits per heavy atom. The maximum Gasteiger partial charge on any atom is 0.395 e. The van der Waals surface area contributed by atoms with E-state index in [0.717, 1.165) is 0 Å². The van der Waals surface area contributed by atoms with Crippen molar-refractivity contribution in [1.29, 1.82) is 0 Å². The molecule has 0 amide bonds. The summed E-state index contributed by atoms with van der Waals surface area (Å²) >= 11 is 0. The number of rotatable bonds is 0. The molecule has 2 rings (SSSR count). The van der Waals surface area contributed by atoms with Gasteiger partial charge in [0.05, 0.1) is 5.92 Å². The first-order chi connectivity index (χ1) is 6.98. The smallest absolute Gasteiger partial charge is 0.395 e. The number of phenols is 1. The number of halogens is 3. The fraction of sp³-hybridized carbons (Fsp3) is 0.400. The summed E-state index contributed by atoms with van der Waals surface area (Å²) in [5, 5.41) is 12.0. The number of phenolic OH excluding ortho intramolecular Hbond substituents is 1. The molecular formula is C10H10F3NO. The van der Waals surface area contributed by atoms with Gasteiger partial charge in [-0.1, -0.05) is 6.07 Å². The van der Waals surface area contributed by atoms with Crippen LogP contribution in [0.4, 0.5) is 18.9 Å². The zero-order valence-electron chi connectivity index (χ0n) is 7.80. The Balaban J connectivity index is 2.43. The molecule has 1 heterocycles. The van der Waals surface area contributed by atoms with Crippen molar-refractivity contribution in [2.75, 3.05) is 11.9 Å². The summed E-state index contributed by atoms with van der Waals surface area (Å²) in [5.74, 6) is -1.45. The minimum atomic E-state index is -4.21. The van der Waals surface area contributed by atoms with Gasteiger partial charge in [0, 0.05) is 18.3 Å². The molecule has 0 bridgehead atoms. The van der Waals surface area contributed by atoms with Crippen molar-refractivity contribution >= 4 is 5.69 Å². The van der Waals surface area contributed by atoms with Gasteiger partial charge in [-0.2, -0.15) is 13.2 Å². The highest BCUT2D eigenvalue weighted by atomic mass is 19.4. The van der Waals surface area contributed by atoms with Crippen LogP contribution in [-0.2, 0) is 0 Å². The van der Waals surface area contributed by atoms with Crippen molar-refractivity contribution in [2.24, 2.45) is 0 Å². The van der Waals surface area contributed by atoms with Gasteiger partial charge in [0.15, 0.2) is 0 Å². The summed E-state index contributed by atoms with van der Waals surface area (Å²) in [4.78, 5) is 0. The summed E-state index contributed by atoms with van der Waals surface area (Å²) in [6.07, 6.45) is -4.17. The molecule has 1 aromatic rings. The maximum absolute atomic E-state index is 12.6. The Morgan fingerprint density at radius 2 is 2.07 bits per heavy atom. The van der Waals surface area contributed by atoms with E-state index in [2.05, 4.69) is 5.32 Å². The van der Waals surface area contributed by atoms with Crippen LogP contribution in [0.15, 0.2) is 18.2 Å². The zero-order valence-corrected chi connectivity index (χ0v) is 7.80. The highest BCUT2D eigenvalue weighted by Crippen LogP contribution is 2.43. The van der Waals surface area contributed by atoms with Crippen LogP contribution in [0.2, 0.25) is 0 Å². The predicted octanol–water partition coefficient (Wildman–Crippen LogP) is 2.85. The number of anilines is 1. The molecule has 0 aliphatic carbocycles. The Kier molecular flexibility index (Phi) is 2.25. The molecule has 0 saturated carbocycles. The van der Waals surface area contributed by atoms with Crippen molar-refractivity contribution in [1.82, 2.24) is 0 Å². The van der Waals surface area contributed by atoms with Gasteiger partial charge in [-0.3, -0.25) is 0 Å². The van der Waals surface area contributed by atoms with Crippen LogP contribution in [0.5, 0.6) is 5.75 Å². The van der Waals surface area contributed by atoms with E-state index in [1.807, 2.05) is 0 Å². The number of hydrogen-bond donors (Lipinski definition) is 2. The van der Waals surface area contributed by atoms with Gasteiger partial charge in [0.1, 0.15) is 5.75 Å². The number of benzene rings is 1. The molecule has 0 saturated heterocycles. The summed E-state index contributed by atoms with van der Waals surface area (Å²) in [6, 6.07) is 3.94. The second kappa shape index (κ2) is 3.32. The maximum atomic E-state index is 12.6. The molecule has 1 unspecified atom stereocenters. The van der Waals surface area contributed by atoms with E-state index in [4.69, 9.17) is 5.11 Å². The third-order valence-corrected chi connectivity index (χ3v) is 2.56. The molecule has 2 nitrogen and oxygen atoms in total. The summed E-state index contributed by atoms with van der Waals surface area (Å²) in [5.41, 5.74) is 0.593. The van der Waals surface area contributed by atoms with Crippen LogP contribution in [-0.4, -0.2) is 17.8 Å². The average molecular weight is 217 g/mol. The highest BCUT2D eigenvalue weighted by molar-refractivity contribution is 5.58. The lowest BCUT2D eigenvalue weighted by molar-refractivity contribution is -0.151. The van der Waals surface area contributed by atoms with Gasteiger partial charge in [-0.25, -0.2) is 0 Å². The quantitative estimate of drug-likeness (QED) is 0.700. The fourth-order valence-corrected chi connectivity index (χ4v) is 1.85. The summed E-state index contributed by atoms with van der Waals surface area (Å²) in [6.45, 7) is 0.278. The normalized spacial score (nSPS) is 20.6. The van der Waals surface area contributed by atoms with Gasteiger partial charge >= 0.3 is 6.18 Å². The van der Waals surface area contributed by atoms with Crippen molar-refractivity contribution in [3.8, 4) is 5.75 Å². The van der Waals surface area contributed by atoms with E-state index in [-0.39, 0.29) is 24.3 Å². The minimum Gasteiger partial charge on any atom is -0.508 e. The fourth-order valence-electron chi connectivity index (χ4n) is 1.85. The molecule has 1 atom stereocenters. The van der Waals surface area contributed by atoms with Gasteiger partial charge < -0.3 is 10.4 Å². The average Bonchev–Trinajstić information content (AvgIpc) is 2.15. The second-order valence-electron chi connectivity index (χ2n) is 3.58. The first-order valence-corrected chi connectivity index (χ1v) is 4.62. The number of aromatic hydroxyl groups is 1. The van der Waals surface area contributed by atoms with Gasteiger partial charge in [-0.15, -0.1) is 0 Å². The lowest BCUT2D eigenvalue weighted by Crippen LogP contribution is -2.28. The molecule has 1 aromatic carbocycles. The van der Waals surface area contributed by atoms with E-state index in [1.54, 1.807) is 0 Å². The molecular weight excluding hydrogens is 207 g/mol. The van der Waals surface area contributed by atoms with Crippen LogP contribution in [0.25, 0.3) is 0 Å². The van der Waals surface area contributed by atoms with Crippen LogP contribution in [0, 0.1) is 0 Å². The lowest BCUT2D eigenvalue weighted by atomic mass is 9.90. The third-order valence-electron chi connectivity index (χ3n) is 2.56. The number of nitrogens with one attached hydrogen (secondary N) is 1. The first-order valence-electron chi connectivity index (χ1n) is 4.62. The topological polar surface area (TPSA) is 32.3 Å². The molecule has 1 aliphatic rings. The van der Waals surface area contributed by atoms with Crippen LogP contribution in [0.3, 0.4) is 0 Å². The Morgan fingerprint density at radius 1 is 1.33 bits per heavy atom. The summed E-state index contributed by atoms with van der Waals surface area (Å²) in [7, 11) is 0. The molecule has 0 radical (unpaired) electrons. The Labute approximate surface area is 84.7 Å². The molecule has 1 aliphatic heterocycles. The molecule has 0 fully saturated rings. The molecule has 0 spiro atoms. The highest BCUT2D eigenvalue weighted by Gasteiger charge is 2.42. The minimum absolute atomic E-state index is 0.0240. The zero-order chi connectivity index (χ0) is 11.1. The molecule has 5 heteroatoms. The predicted molar refractivity (Wildman–Crippen MR) is 50.0 cm³/mol. The Bertz CT molecular complexity index is 375. The van der Waals surface area contributed by atoms with E-state index >= 15 is 0 Å². The Hall–Kier alpha value is -1.39. The van der Waals surface area contributed by atoms with E-state index in [9.17, 15) is 13.2 Å². The second-order valence-corrected chi connectivity index (χ2v) is 3.58. The van der Waals surface area contributed by atoms with Crippen LogP contribution < -0.4 is 5.32 Å². The van der Waals surface area contributed by atoms with Crippen LogP contribution in [0.1, 0.15) is 17.9 Å². The van der Waals surface area contributed by atoms with Gasteiger partial charge in [0.25, 0.3) is 0 Å². The summed E-state index contributed by atoms with van der Waals surface area (Å²) < 4.78 is 37.9. The molecule has 2 N–H and O–H groups in total. The molecule has 0 aromatic heterocycles. The van der Waals surface area contributed by atoms with Gasteiger partial charge in [-0.05, 0) is 18.1 Å². The number of alkyl halides is 3. The number of fused-ring (bicyclic) bond motifs is 1. The van der Waals surface area contributed by atoms with E-state index in [0.29, 0.717) is 5.69 Å². The molecule has 15 heavy (non-hydrogen) atoms. The van der Waals surface area contributed by atoms with Crippen molar-refractivity contribution in [2.45, 2.75) is 18.5 Å². The lowest BCUT2D eigenvalue weighted by Gasteiger charge is -2.28. The van der Waals surface area contributed by atoms with Crippen molar-refractivity contribution in [3.05, 3.63) is 23.8 Å². The van der Waals surface area contributed by atoms with Crippen molar-refractivity contribution in [3.63, 3.8) is 0 Å². The third kappa shape index (κ3) is 1.86.